The zero-order valence-corrected chi connectivity index (χ0v) is 8.38. The van der Waals surface area contributed by atoms with Crippen molar-refractivity contribution in [2.75, 3.05) is 26.3 Å². The Labute approximate surface area is 86.6 Å². The number of carboxylic acids is 2. The summed E-state index contributed by atoms with van der Waals surface area (Å²) in [5.41, 5.74) is -1.25. The summed E-state index contributed by atoms with van der Waals surface area (Å²) in [6.45, 7) is -0.763. The van der Waals surface area contributed by atoms with Crippen LogP contribution in [0.15, 0.2) is 0 Å². The van der Waals surface area contributed by atoms with Gasteiger partial charge in [0.2, 0.25) is 0 Å². The first-order valence-electron chi connectivity index (χ1n) is 4.26. The van der Waals surface area contributed by atoms with Crippen molar-refractivity contribution in [3.63, 3.8) is 0 Å². The highest BCUT2D eigenvalue weighted by atomic mass is 16.4. The third kappa shape index (κ3) is 4.24. The number of aliphatic hydroxyl groups excluding tert-OH is 2. The van der Waals surface area contributed by atoms with Crippen LogP contribution in [0.5, 0.6) is 0 Å². The number of aliphatic hydroxyl groups is 2. The Morgan fingerprint density at radius 1 is 1.07 bits per heavy atom. The highest BCUT2D eigenvalue weighted by Crippen LogP contribution is 2.13. The number of carboxylic acid groups (broad SMARTS) is 2. The van der Waals surface area contributed by atoms with E-state index in [1.807, 2.05) is 0 Å². The third-order valence-electron chi connectivity index (χ3n) is 2.10. The molecular formula is C8H15NO6. The molecule has 4 N–H and O–H groups in total. The van der Waals surface area contributed by atoms with Gasteiger partial charge in [-0.25, -0.2) is 0 Å². The molecule has 0 atom stereocenters. The van der Waals surface area contributed by atoms with Crippen LogP contribution in [0, 0.1) is 0 Å². The lowest BCUT2D eigenvalue weighted by molar-refractivity contribution is -0.146. The van der Waals surface area contributed by atoms with E-state index in [0.717, 1.165) is 4.90 Å². The summed E-state index contributed by atoms with van der Waals surface area (Å²) in [5, 5.41) is 35.1. The van der Waals surface area contributed by atoms with Crippen LogP contribution in [-0.4, -0.2) is 69.1 Å². The molecule has 7 nitrogen and oxygen atoms in total. The Bertz CT molecular complexity index is 221. The molecular weight excluding hydrogens is 206 g/mol. The maximum Gasteiger partial charge on any atom is 0.317 e. The highest BCUT2D eigenvalue weighted by Gasteiger charge is 2.33. The average Bonchev–Trinajstić information content (AvgIpc) is 2.14. The van der Waals surface area contributed by atoms with Crippen molar-refractivity contribution in [3.05, 3.63) is 0 Å². The number of aliphatic carboxylic acids is 2. The third-order valence-corrected chi connectivity index (χ3v) is 2.10. The number of nitrogens with zero attached hydrogens (tertiary/aromatic N) is 1. The molecule has 0 heterocycles. The molecule has 0 saturated heterocycles. The molecule has 0 spiro atoms. The number of rotatable bonds is 7. The van der Waals surface area contributed by atoms with Gasteiger partial charge in [-0.05, 0) is 6.92 Å². The average molecular weight is 221 g/mol. The molecule has 0 rings (SSSR count). The molecule has 0 bridgehead atoms. The van der Waals surface area contributed by atoms with E-state index in [1.54, 1.807) is 0 Å². The minimum Gasteiger partial charge on any atom is -0.480 e. The van der Waals surface area contributed by atoms with Gasteiger partial charge in [0.05, 0.1) is 31.8 Å². The Kier molecular flexibility index (Phi) is 5.20. The van der Waals surface area contributed by atoms with Crippen molar-refractivity contribution >= 4 is 11.9 Å². The lowest BCUT2D eigenvalue weighted by atomic mass is 10.0. The van der Waals surface area contributed by atoms with Crippen LogP contribution in [-0.2, 0) is 9.59 Å². The predicted octanol–water partition coefficient (Wildman–Crippen LogP) is -1.80. The molecule has 0 aromatic rings. The van der Waals surface area contributed by atoms with Crippen LogP contribution in [0.25, 0.3) is 0 Å². The Morgan fingerprint density at radius 3 is 1.60 bits per heavy atom. The predicted molar refractivity (Wildman–Crippen MR) is 49.4 cm³/mol. The van der Waals surface area contributed by atoms with Crippen molar-refractivity contribution < 1.29 is 30.0 Å². The van der Waals surface area contributed by atoms with Gasteiger partial charge in [-0.1, -0.05) is 0 Å². The van der Waals surface area contributed by atoms with Gasteiger partial charge in [-0.3, -0.25) is 14.5 Å². The van der Waals surface area contributed by atoms with Gasteiger partial charge >= 0.3 is 11.9 Å². The van der Waals surface area contributed by atoms with E-state index in [4.69, 9.17) is 20.4 Å². The summed E-state index contributed by atoms with van der Waals surface area (Å²) in [5.74, 6) is -2.44. The van der Waals surface area contributed by atoms with Crippen molar-refractivity contribution in [3.8, 4) is 0 Å². The van der Waals surface area contributed by atoms with Gasteiger partial charge in [-0.2, -0.15) is 0 Å². The molecule has 0 unspecified atom stereocenters. The smallest absolute Gasteiger partial charge is 0.317 e. The fraction of sp³-hybridized carbons (Fsp3) is 0.750. The molecule has 0 saturated carbocycles. The molecule has 0 aliphatic carbocycles. The van der Waals surface area contributed by atoms with Crippen LogP contribution in [0.2, 0.25) is 0 Å². The van der Waals surface area contributed by atoms with Gasteiger partial charge in [0.25, 0.3) is 0 Å². The SMILES string of the molecule is CC(CO)(CO)N(CC(=O)O)CC(=O)O. The van der Waals surface area contributed by atoms with E-state index < -0.39 is 43.8 Å². The number of carbonyl (C=O) groups is 2. The Balaban J connectivity index is 4.72. The van der Waals surface area contributed by atoms with Gasteiger partial charge in [-0.15, -0.1) is 0 Å². The number of hydrogen-bond donors (Lipinski definition) is 4. The van der Waals surface area contributed by atoms with Crippen LogP contribution in [0.3, 0.4) is 0 Å². The van der Waals surface area contributed by atoms with Crippen LogP contribution >= 0.6 is 0 Å². The second-order valence-electron chi connectivity index (χ2n) is 3.46. The summed E-state index contributed by atoms with van der Waals surface area (Å²) < 4.78 is 0. The molecule has 0 aliphatic heterocycles. The maximum absolute atomic E-state index is 10.5. The monoisotopic (exact) mass is 221 g/mol. The zero-order chi connectivity index (χ0) is 12.1. The first-order valence-corrected chi connectivity index (χ1v) is 4.26. The first kappa shape index (κ1) is 13.8. The summed E-state index contributed by atoms with van der Waals surface area (Å²) in [6, 6.07) is 0. The fourth-order valence-corrected chi connectivity index (χ4v) is 1.01. The van der Waals surface area contributed by atoms with Crippen molar-refractivity contribution in [2.24, 2.45) is 0 Å². The van der Waals surface area contributed by atoms with E-state index >= 15 is 0 Å². The summed E-state index contributed by atoms with van der Waals surface area (Å²) in [7, 11) is 0. The molecule has 0 radical (unpaired) electrons. The van der Waals surface area contributed by atoms with Gasteiger partial charge < -0.3 is 20.4 Å². The highest BCUT2D eigenvalue weighted by molar-refractivity contribution is 5.72. The topological polar surface area (TPSA) is 118 Å². The van der Waals surface area contributed by atoms with Crippen molar-refractivity contribution in [1.82, 2.24) is 4.90 Å². The normalized spacial score (nSPS) is 11.7. The molecule has 7 heteroatoms. The second kappa shape index (κ2) is 5.64. The van der Waals surface area contributed by atoms with E-state index in [2.05, 4.69) is 0 Å². The molecule has 0 aromatic heterocycles. The van der Waals surface area contributed by atoms with Crippen LogP contribution in [0.4, 0.5) is 0 Å². The zero-order valence-electron chi connectivity index (χ0n) is 8.38. The summed E-state index contributed by atoms with van der Waals surface area (Å²) >= 11 is 0. The maximum atomic E-state index is 10.5. The summed E-state index contributed by atoms with van der Waals surface area (Å²) in [6.07, 6.45) is 0. The molecule has 0 fully saturated rings. The largest absolute Gasteiger partial charge is 0.480 e. The van der Waals surface area contributed by atoms with E-state index in [1.165, 1.54) is 6.92 Å². The molecule has 0 amide bonds. The second-order valence-corrected chi connectivity index (χ2v) is 3.46. The molecule has 15 heavy (non-hydrogen) atoms. The molecule has 0 aliphatic rings. The Hall–Kier alpha value is -1.18. The standard InChI is InChI=1S/C8H15NO6/c1-8(4-10,5-11)9(2-6(12)13)3-7(14)15/h10-11H,2-5H2,1H3,(H,12,13)(H,14,15). The van der Waals surface area contributed by atoms with Crippen molar-refractivity contribution in [1.29, 1.82) is 0 Å². The van der Waals surface area contributed by atoms with Gasteiger partial charge in [0, 0.05) is 0 Å². The minimum absolute atomic E-state index is 0.524. The van der Waals surface area contributed by atoms with Gasteiger partial charge in [0.15, 0.2) is 0 Å². The van der Waals surface area contributed by atoms with Crippen molar-refractivity contribution in [2.45, 2.75) is 12.5 Å². The molecule has 0 aromatic carbocycles. The Morgan fingerprint density at radius 2 is 1.40 bits per heavy atom. The van der Waals surface area contributed by atoms with E-state index in [0.29, 0.717) is 0 Å². The van der Waals surface area contributed by atoms with Crippen LogP contribution < -0.4 is 0 Å². The van der Waals surface area contributed by atoms with E-state index in [-0.39, 0.29) is 0 Å². The minimum atomic E-state index is -1.25. The number of hydrogen-bond acceptors (Lipinski definition) is 5. The van der Waals surface area contributed by atoms with E-state index in [9.17, 15) is 9.59 Å². The lowest BCUT2D eigenvalue weighted by Gasteiger charge is -2.36. The summed E-state index contributed by atoms with van der Waals surface area (Å²) in [4.78, 5) is 21.9. The quantitative estimate of drug-likeness (QED) is 0.400. The van der Waals surface area contributed by atoms with Crippen LogP contribution in [0.1, 0.15) is 6.92 Å². The fourth-order valence-electron chi connectivity index (χ4n) is 1.01. The first-order chi connectivity index (χ1) is 6.85. The lowest BCUT2D eigenvalue weighted by Crippen LogP contribution is -2.55. The molecule has 88 valence electrons. The van der Waals surface area contributed by atoms with Gasteiger partial charge in [0.1, 0.15) is 0 Å².